The van der Waals surface area contributed by atoms with E-state index in [1.54, 1.807) is 19.1 Å². The van der Waals surface area contributed by atoms with Crippen LogP contribution in [0.5, 0.6) is 0 Å². The standard InChI is InChI=1S/C17H21FN2O3/c1-10(2)8-9-23-16(21)14-11(3)19-17(22)20-15(14)12-4-6-13(18)7-5-12/h4-7,10,15H,8-9H2,1-3H3,(H2,19,20,22). The highest BCUT2D eigenvalue weighted by Gasteiger charge is 2.32. The maximum atomic E-state index is 13.1. The zero-order valence-electron chi connectivity index (χ0n) is 13.5. The molecule has 1 unspecified atom stereocenters. The number of hydrogen-bond acceptors (Lipinski definition) is 3. The van der Waals surface area contributed by atoms with Gasteiger partial charge in [-0.25, -0.2) is 14.0 Å². The summed E-state index contributed by atoms with van der Waals surface area (Å²) in [6.07, 6.45) is 0.763. The molecule has 5 nitrogen and oxygen atoms in total. The zero-order chi connectivity index (χ0) is 17.0. The molecule has 1 aromatic carbocycles. The van der Waals surface area contributed by atoms with Gasteiger partial charge < -0.3 is 15.4 Å². The SMILES string of the molecule is CC1=C(C(=O)OCCC(C)C)C(c2ccc(F)cc2)NC(=O)N1. The molecule has 0 saturated heterocycles. The van der Waals surface area contributed by atoms with Crippen LogP contribution in [-0.2, 0) is 9.53 Å². The Balaban J connectivity index is 2.24. The molecule has 0 radical (unpaired) electrons. The number of esters is 1. The Bertz CT molecular complexity index is 623. The van der Waals surface area contributed by atoms with Crippen LogP contribution in [0.2, 0.25) is 0 Å². The highest BCUT2D eigenvalue weighted by molar-refractivity contribution is 5.95. The lowest BCUT2D eigenvalue weighted by atomic mass is 9.95. The van der Waals surface area contributed by atoms with Gasteiger partial charge in [-0.1, -0.05) is 26.0 Å². The van der Waals surface area contributed by atoms with Gasteiger partial charge in [0.1, 0.15) is 5.82 Å². The molecule has 1 aliphatic heterocycles. The summed E-state index contributed by atoms with van der Waals surface area (Å²) in [4.78, 5) is 24.1. The van der Waals surface area contributed by atoms with Crippen LogP contribution in [0.4, 0.5) is 9.18 Å². The lowest BCUT2D eigenvalue weighted by Crippen LogP contribution is -2.45. The van der Waals surface area contributed by atoms with Crippen molar-refractivity contribution in [3.8, 4) is 0 Å². The van der Waals surface area contributed by atoms with E-state index < -0.39 is 18.0 Å². The van der Waals surface area contributed by atoms with E-state index in [2.05, 4.69) is 10.6 Å². The van der Waals surface area contributed by atoms with E-state index in [4.69, 9.17) is 4.74 Å². The van der Waals surface area contributed by atoms with Crippen molar-refractivity contribution >= 4 is 12.0 Å². The smallest absolute Gasteiger partial charge is 0.338 e. The van der Waals surface area contributed by atoms with E-state index in [9.17, 15) is 14.0 Å². The molecule has 0 spiro atoms. The van der Waals surface area contributed by atoms with Crippen LogP contribution in [0.3, 0.4) is 0 Å². The molecular weight excluding hydrogens is 299 g/mol. The van der Waals surface area contributed by atoms with Crippen molar-refractivity contribution in [3.63, 3.8) is 0 Å². The number of nitrogens with one attached hydrogen (secondary N) is 2. The van der Waals surface area contributed by atoms with Crippen LogP contribution < -0.4 is 10.6 Å². The van der Waals surface area contributed by atoms with E-state index in [1.165, 1.54) is 12.1 Å². The maximum absolute atomic E-state index is 13.1. The fourth-order valence-corrected chi connectivity index (χ4v) is 2.33. The van der Waals surface area contributed by atoms with E-state index in [0.29, 0.717) is 29.4 Å². The molecule has 2 amide bonds. The number of benzene rings is 1. The molecule has 1 aromatic rings. The van der Waals surface area contributed by atoms with Crippen LogP contribution in [-0.4, -0.2) is 18.6 Å². The average molecular weight is 320 g/mol. The monoisotopic (exact) mass is 320 g/mol. The summed E-state index contributed by atoms with van der Waals surface area (Å²) >= 11 is 0. The zero-order valence-corrected chi connectivity index (χ0v) is 13.5. The molecule has 1 heterocycles. The first-order valence-corrected chi connectivity index (χ1v) is 7.59. The second-order valence-corrected chi connectivity index (χ2v) is 5.94. The van der Waals surface area contributed by atoms with Gasteiger partial charge in [-0.15, -0.1) is 0 Å². The Kier molecular flexibility index (Phi) is 5.36. The summed E-state index contributed by atoms with van der Waals surface area (Å²) in [5, 5.41) is 5.26. The van der Waals surface area contributed by atoms with E-state index >= 15 is 0 Å². The van der Waals surface area contributed by atoms with Gasteiger partial charge in [0.2, 0.25) is 0 Å². The lowest BCUT2D eigenvalue weighted by Gasteiger charge is -2.28. The number of amides is 2. The molecule has 0 saturated carbocycles. The number of hydrogen-bond donors (Lipinski definition) is 2. The molecule has 0 fully saturated rings. The molecule has 1 atom stereocenters. The topological polar surface area (TPSA) is 67.4 Å². The van der Waals surface area contributed by atoms with E-state index in [1.807, 2.05) is 13.8 Å². The van der Waals surface area contributed by atoms with Crippen LogP contribution in [0.1, 0.15) is 38.8 Å². The summed E-state index contributed by atoms with van der Waals surface area (Å²) in [7, 11) is 0. The molecule has 23 heavy (non-hydrogen) atoms. The molecule has 2 N–H and O–H groups in total. The Hall–Kier alpha value is -2.37. The minimum Gasteiger partial charge on any atom is -0.462 e. The number of halogens is 1. The summed E-state index contributed by atoms with van der Waals surface area (Å²) in [5.41, 5.74) is 1.40. The number of carbonyl (C=O) groups is 2. The number of ether oxygens (including phenoxy) is 1. The molecule has 2 rings (SSSR count). The van der Waals surface area contributed by atoms with Gasteiger partial charge in [-0.3, -0.25) is 0 Å². The Morgan fingerprint density at radius 1 is 1.30 bits per heavy atom. The van der Waals surface area contributed by atoms with Gasteiger partial charge in [-0.2, -0.15) is 0 Å². The third-order valence-electron chi connectivity index (χ3n) is 3.62. The summed E-state index contributed by atoms with van der Waals surface area (Å²) in [6, 6.07) is 4.60. The van der Waals surface area contributed by atoms with Crippen molar-refractivity contribution in [1.82, 2.24) is 10.6 Å². The van der Waals surface area contributed by atoms with Gasteiger partial charge in [0.05, 0.1) is 18.2 Å². The Labute approximate surface area is 134 Å². The van der Waals surface area contributed by atoms with Crippen LogP contribution in [0, 0.1) is 11.7 Å². The second kappa shape index (κ2) is 7.26. The Morgan fingerprint density at radius 3 is 2.57 bits per heavy atom. The fourth-order valence-electron chi connectivity index (χ4n) is 2.33. The highest BCUT2D eigenvalue weighted by Crippen LogP contribution is 2.27. The molecule has 0 aliphatic carbocycles. The van der Waals surface area contributed by atoms with Crippen molar-refractivity contribution < 1.29 is 18.7 Å². The van der Waals surface area contributed by atoms with Crippen molar-refractivity contribution in [2.45, 2.75) is 33.2 Å². The average Bonchev–Trinajstić information content (AvgIpc) is 2.46. The van der Waals surface area contributed by atoms with Crippen molar-refractivity contribution in [3.05, 3.63) is 46.9 Å². The van der Waals surface area contributed by atoms with Gasteiger partial charge in [-0.05, 0) is 37.0 Å². The lowest BCUT2D eigenvalue weighted by molar-refractivity contribution is -0.139. The third kappa shape index (κ3) is 4.31. The molecule has 1 aliphatic rings. The predicted molar refractivity (Wildman–Crippen MR) is 83.9 cm³/mol. The normalized spacial score (nSPS) is 17.8. The number of urea groups is 1. The largest absolute Gasteiger partial charge is 0.462 e. The van der Waals surface area contributed by atoms with Crippen molar-refractivity contribution in [2.24, 2.45) is 5.92 Å². The second-order valence-electron chi connectivity index (χ2n) is 5.94. The first-order valence-electron chi connectivity index (χ1n) is 7.59. The molecule has 0 aromatic heterocycles. The summed E-state index contributed by atoms with van der Waals surface area (Å²) in [5.74, 6) is -0.435. The fraction of sp³-hybridized carbons (Fsp3) is 0.412. The molecule has 6 heteroatoms. The van der Waals surface area contributed by atoms with Crippen LogP contribution in [0.15, 0.2) is 35.5 Å². The van der Waals surface area contributed by atoms with Gasteiger partial charge in [0.25, 0.3) is 0 Å². The van der Waals surface area contributed by atoms with Crippen LogP contribution in [0.25, 0.3) is 0 Å². The maximum Gasteiger partial charge on any atom is 0.338 e. The van der Waals surface area contributed by atoms with Gasteiger partial charge in [0, 0.05) is 5.70 Å². The highest BCUT2D eigenvalue weighted by atomic mass is 19.1. The molecule has 124 valence electrons. The number of rotatable bonds is 5. The minimum absolute atomic E-state index is 0.317. The quantitative estimate of drug-likeness (QED) is 0.820. The molecule has 0 bridgehead atoms. The van der Waals surface area contributed by atoms with Crippen molar-refractivity contribution in [1.29, 1.82) is 0 Å². The minimum atomic E-state index is -0.657. The molecular formula is C17H21FN2O3. The summed E-state index contributed by atoms with van der Waals surface area (Å²) in [6.45, 7) is 6.05. The summed E-state index contributed by atoms with van der Waals surface area (Å²) < 4.78 is 18.4. The van der Waals surface area contributed by atoms with Gasteiger partial charge in [0.15, 0.2) is 0 Å². The first-order chi connectivity index (χ1) is 10.9. The Morgan fingerprint density at radius 2 is 1.96 bits per heavy atom. The van der Waals surface area contributed by atoms with Gasteiger partial charge >= 0.3 is 12.0 Å². The van der Waals surface area contributed by atoms with E-state index in [-0.39, 0.29) is 5.82 Å². The predicted octanol–water partition coefficient (Wildman–Crippen LogP) is 3.04. The van der Waals surface area contributed by atoms with E-state index in [0.717, 1.165) is 6.42 Å². The van der Waals surface area contributed by atoms with Crippen molar-refractivity contribution in [2.75, 3.05) is 6.61 Å². The number of carbonyl (C=O) groups excluding carboxylic acids is 2. The third-order valence-corrected chi connectivity index (χ3v) is 3.62. The number of allylic oxidation sites excluding steroid dienone is 1. The first kappa shape index (κ1) is 17.0. The van der Waals surface area contributed by atoms with Crippen LogP contribution >= 0.6 is 0 Å².